The lowest BCUT2D eigenvalue weighted by molar-refractivity contribution is -0.118. The summed E-state index contributed by atoms with van der Waals surface area (Å²) in [5.74, 6) is 0.779. The quantitative estimate of drug-likeness (QED) is 0.550. The zero-order valence-electron chi connectivity index (χ0n) is 20.1. The Labute approximate surface area is 215 Å². The summed E-state index contributed by atoms with van der Waals surface area (Å²) >= 11 is 0. The molecule has 0 bridgehead atoms. The maximum Gasteiger partial charge on any atom is 0.249 e. The number of benzene rings is 1. The van der Waals surface area contributed by atoms with E-state index < -0.39 is 0 Å². The van der Waals surface area contributed by atoms with Crippen LogP contribution in [0.25, 0.3) is 0 Å². The molecule has 3 aromatic rings. The highest BCUT2D eigenvalue weighted by Crippen LogP contribution is 2.32. The van der Waals surface area contributed by atoms with Gasteiger partial charge in [0.05, 0.1) is 17.8 Å². The minimum Gasteiger partial charge on any atom is -0.358 e. The van der Waals surface area contributed by atoms with Crippen LogP contribution in [0.1, 0.15) is 37.1 Å². The normalized spacial score (nSPS) is 16.5. The molecule has 37 heavy (non-hydrogen) atoms. The van der Waals surface area contributed by atoms with E-state index in [4.69, 9.17) is 0 Å². The molecule has 3 aliphatic rings. The number of aryl methyl sites for hydroxylation is 1. The van der Waals surface area contributed by atoms with Crippen LogP contribution >= 0.6 is 0 Å². The maximum atomic E-state index is 12.7. The number of carbonyl (C=O) groups is 2. The van der Waals surface area contributed by atoms with Crippen LogP contribution < -0.4 is 20.3 Å². The van der Waals surface area contributed by atoms with Gasteiger partial charge in [-0.3, -0.25) is 19.4 Å². The lowest BCUT2D eigenvalue weighted by atomic mass is 10.0. The second-order valence-electron chi connectivity index (χ2n) is 9.36. The van der Waals surface area contributed by atoms with Crippen molar-refractivity contribution in [3.63, 3.8) is 0 Å². The summed E-state index contributed by atoms with van der Waals surface area (Å²) in [4.78, 5) is 47.5. The lowest BCUT2D eigenvalue weighted by Crippen LogP contribution is -2.46. The van der Waals surface area contributed by atoms with Crippen molar-refractivity contribution in [1.82, 2.24) is 9.97 Å². The number of amides is 2. The first-order valence-electron chi connectivity index (χ1n) is 12.1. The largest absolute Gasteiger partial charge is 0.358 e. The number of halogens is 1. The first-order valence-corrected chi connectivity index (χ1v) is 12.1. The molecular formula is C28H32FN5O3. The number of rotatable bonds is 3. The fourth-order valence-electron chi connectivity index (χ4n) is 5.25. The van der Waals surface area contributed by atoms with Crippen LogP contribution in [0.3, 0.4) is 0 Å². The molecule has 8 nitrogen and oxygen atoms in total. The monoisotopic (exact) mass is 505 g/mol. The number of piperidine rings is 1. The molecule has 1 saturated heterocycles. The standard InChI is InChI=1S/C18H20N4O2.C9H8FNO.CH4/c1-12-9-16(20-17(23)10-12)21-7-4-13(5-8-21)22-15-3-2-6-19-14(15)11-18(22)24;10-8-1-2-9-7(5-8)3-4-11(9)6-12;/h2-3,6,9-10,13H,4-5,7-8,11H2,1H3,(H,20,23);1-2,5-6H,3-4H2;1H4. The van der Waals surface area contributed by atoms with E-state index >= 15 is 0 Å². The molecule has 6 rings (SSSR count). The van der Waals surface area contributed by atoms with E-state index in [-0.39, 0.29) is 30.8 Å². The topological polar surface area (TPSA) is 89.6 Å². The van der Waals surface area contributed by atoms with Crippen molar-refractivity contribution in [2.75, 3.05) is 34.3 Å². The average molecular weight is 506 g/mol. The molecular weight excluding hydrogens is 473 g/mol. The molecule has 2 amide bonds. The molecule has 1 N–H and O–H groups in total. The highest BCUT2D eigenvalue weighted by atomic mass is 19.1. The van der Waals surface area contributed by atoms with Gasteiger partial charge in [-0.15, -0.1) is 0 Å². The van der Waals surface area contributed by atoms with Crippen LogP contribution in [0.5, 0.6) is 0 Å². The Kier molecular flexibility index (Phi) is 7.71. The Morgan fingerprint density at radius 1 is 1.05 bits per heavy atom. The van der Waals surface area contributed by atoms with Gasteiger partial charge >= 0.3 is 0 Å². The first kappa shape index (κ1) is 26.1. The fraction of sp³-hybridized carbons (Fsp3) is 0.357. The van der Waals surface area contributed by atoms with E-state index in [1.165, 1.54) is 12.1 Å². The highest BCUT2D eigenvalue weighted by Gasteiger charge is 2.35. The van der Waals surface area contributed by atoms with Crippen LogP contribution in [0.15, 0.2) is 53.5 Å². The van der Waals surface area contributed by atoms with Gasteiger partial charge in [-0.05, 0) is 73.7 Å². The zero-order valence-corrected chi connectivity index (χ0v) is 20.1. The van der Waals surface area contributed by atoms with Crippen molar-refractivity contribution in [2.45, 2.75) is 46.1 Å². The number of hydrogen-bond acceptors (Lipinski definition) is 5. The van der Waals surface area contributed by atoms with Crippen LogP contribution in [0, 0.1) is 12.7 Å². The summed E-state index contributed by atoms with van der Waals surface area (Å²) in [5, 5.41) is 0. The summed E-state index contributed by atoms with van der Waals surface area (Å²) in [7, 11) is 0. The SMILES string of the molecule is C.Cc1cc(N2CCC(N3C(=O)Cc4ncccc43)CC2)[nH]c(=O)c1.O=CN1CCc2cc(F)ccc21. The van der Waals surface area contributed by atoms with E-state index in [9.17, 15) is 18.8 Å². The number of pyridine rings is 2. The molecule has 9 heteroatoms. The third-order valence-corrected chi connectivity index (χ3v) is 6.96. The van der Waals surface area contributed by atoms with Gasteiger partial charge in [0.2, 0.25) is 17.9 Å². The van der Waals surface area contributed by atoms with Crippen LogP contribution in [0.4, 0.5) is 21.6 Å². The summed E-state index contributed by atoms with van der Waals surface area (Å²) < 4.78 is 12.7. The van der Waals surface area contributed by atoms with Gasteiger partial charge in [0.15, 0.2) is 0 Å². The van der Waals surface area contributed by atoms with Gasteiger partial charge in [-0.25, -0.2) is 4.39 Å². The van der Waals surface area contributed by atoms with E-state index in [1.807, 2.05) is 30.0 Å². The van der Waals surface area contributed by atoms with Gasteiger partial charge in [0.25, 0.3) is 0 Å². The Balaban J connectivity index is 0.000000208. The molecule has 1 fully saturated rings. The third-order valence-electron chi connectivity index (χ3n) is 6.96. The van der Waals surface area contributed by atoms with Gasteiger partial charge in [-0.1, -0.05) is 7.43 Å². The smallest absolute Gasteiger partial charge is 0.249 e. The molecule has 1 aromatic carbocycles. The molecule has 0 radical (unpaired) electrons. The predicted molar refractivity (Wildman–Crippen MR) is 143 cm³/mol. The minimum atomic E-state index is -0.235. The Hall–Kier alpha value is -4.01. The van der Waals surface area contributed by atoms with Gasteiger partial charge in [0, 0.05) is 43.6 Å². The Morgan fingerprint density at radius 3 is 2.57 bits per heavy atom. The highest BCUT2D eigenvalue weighted by molar-refractivity contribution is 6.01. The zero-order chi connectivity index (χ0) is 25.2. The van der Waals surface area contributed by atoms with Crippen molar-refractivity contribution in [2.24, 2.45) is 0 Å². The summed E-state index contributed by atoms with van der Waals surface area (Å²) in [6.07, 6.45) is 5.45. The van der Waals surface area contributed by atoms with E-state index in [1.54, 1.807) is 23.2 Å². The number of hydrogen-bond donors (Lipinski definition) is 1. The van der Waals surface area contributed by atoms with Gasteiger partial charge in [0.1, 0.15) is 11.6 Å². The average Bonchev–Trinajstić information content (AvgIpc) is 3.43. The maximum absolute atomic E-state index is 12.7. The van der Waals surface area contributed by atoms with E-state index in [0.717, 1.165) is 72.8 Å². The van der Waals surface area contributed by atoms with Gasteiger partial charge < -0.3 is 19.7 Å². The number of fused-ring (bicyclic) bond motifs is 2. The lowest BCUT2D eigenvalue weighted by Gasteiger charge is -2.37. The summed E-state index contributed by atoms with van der Waals surface area (Å²) in [5.41, 5.74) is 4.50. The van der Waals surface area contributed by atoms with Crippen molar-refractivity contribution in [1.29, 1.82) is 0 Å². The molecule has 194 valence electrons. The van der Waals surface area contributed by atoms with Crippen LogP contribution in [-0.4, -0.2) is 48.0 Å². The van der Waals surface area contributed by atoms with Crippen molar-refractivity contribution >= 4 is 29.5 Å². The van der Waals surface area contributed by atoms with Crippen molar-refractivity contribution in [3.8, 4) is 0 Å². The number of aromatic amines is 1. The number of nitrogens with zero attached hydrogens (tertiary/aromatic N) is 4. The molecule has 0 unspecified atom stereocenters. The molecule has 0 atom stereocenters. The fourth-order valence-corrected chi connectivity index (χ4v) is 5.25. The molecule has 3 aliphatic heterocycles. The van der Waals surface area contributed by atoms with E-state index in [0.29, 0.717) is 13.0 Å². The minimum absolute atomic E-state index is 0. The molecule has 0 saturated carbocycles. The Bertz CT molecular complexity index is 1350. The molecule has 5 heterocycles. The first-order chi connectivity index (χ1) is 17.4. The number of nitrogens with one attached hydrogen (secondary N) is 1. The molecule has 0 aliphatic carbocycles. The second-order valence-corrected chi connectivity index (χ2v) is 9.36. The van der Waals surface area contributed by atoms with Crippen LogP contribution in [0.2, 0.25) is 0 Å². The predicted octanol–water partition coefficient (Wildman–Crippen LogP) is 3.62. The third kappa shape index (κ3) is 5.40. The Morgan fingerprint density at radius 2 is 1.84 bits per heavy atom. The van der Waals surface area contributed by atoms with Gasteiger partial charge in [-0.2, -0.15) is 0 Å². The molecule has 2 aromatic heterocycles. The second kappa shape index (κ2) is 10.9. The van der Waals surface area contributed by atoms with Crippen LogP contribution in [-0.2, 0) is 22.4 Å². The summed E-state index contributed by atoms with van der Waals surface area (Å²) in [6.45, 7) is 4.24. The number of aromatic nitrogens is 2. The molecule has 0 spiro atoms. The van der Waals surface area contributed by atoms with Crippen molar-refractivity contribution in [3.05, 3.63) is 81.7 Å². The van der Waals surface area contributed by atoms with Crippen molar-refractivity contribution < 1.29 is 14.0 Å². The summed E-state index contributed by atoms with van der Waals surface area (Å²) in [6, 6.07) is 12.2. The number of anilines is 3. The number of carbonyl (C=O) groups excluding carboxylic acids is 2. The number of H-pyrrole nitrogens is 1. The van der Waals surface area contributed by atoms with E-state index in [2.05, 4.69) is 14.9 Å².